The zero-order valence-corrected chi connectivity index (χ0v) is 17.4. The van der Waals surface area contributed by atoms with E-state index in [1.54, 1.807) is 51.1 Å². The molecule has 0 saturated carbocycles. The van der Waals surface area contributed by atoms with Crippen LogP contribution in [0.25, 0.3) is 11.0 Å². The summed E-state index contributed by atoms with van der Waals surface area (Å²) in [6.45, 7) is 6.16. The first kappa shape index (κ1) is 20.4. The predicted octanol–water partition coefficient (Wildman–Crippen LogP) is 4.68. The molecule has 3 rings (SSSR count). The minimum Gasteiger partial charge on any atom is -0.451 e. The Bertz CT molecular complexity index is 1120. The number of furan rings is 1. The largest absolute Gasteiger partial charge is 0.451 e. The van der Waals surface area contributed by atoms with Crippen molar-refractivity contribution >= 4 is 44.2 Å². The van der Waals surface area contributed by atoms with Crippen LogP contribution in [0.5, 0.6) is 0 Å². The fourth-order valence-corrected chi connectivity index (χ4v) is 4.65. The second-order valence-corrected chi connectivity index (χ2v) is 8.64. The number of fused-ring (bicyclic) bond motifs is 1. The number of halogens is 1. The Kier molecular flexibility index (Phi) is 5.79. The number of nitrogens with zero attached hydrogens (tertiary/aromatic N) is 1. The van der Waals surface area contributed by atoms with Gasteiger partial charge in [0.15, 0.2) is 5.76 Å². The third-order valence-electron chi connectivity index (χ3n) is 4.56. The minimum atomic E-state index is -3.54. The van der Waals surface area contributed by atoms with E-state index >= 15 is 0 Å². The smallest absolute Gasteiger partial charge is 0.291 e. The number of nitrogens with one attached hydrogen (secondary N) is 1. The summed E-state index contributed by atoms with van der Waals surface area (Å²) in [5.41, 5.74) is 1.74. The van der Waals surface area contributed by atoms with Crippen molar-refractivity contribution in [3.8, 4) is 0 Å². The van der Waals surface area contributed by atoms with Crippen LogP contribution in [0.1, 0.15) is 30.0 Å². The monoisotopic (exact) mass is 420 g/mol. The van der Waals surface area contributed by atoms with E-state index in [0.717, 1.165) is 5.39 Å². The van der Waals surface area contributed by atoms with Crippen LogP contribution in [0.3, 0.4) is 0 Å². The summed E-state index contributed by atoms with van der Waals surface area (Å²) >= 11 is 6.01. The molecular formula is C20H21ClN2O4S. The lowest BCUT2D eigenvalue weighted by molar-refractivity contribution is 0.0998. The van der Waals surface area contributed by atoms with Gasteiger partial charge in [0.25, 0.3) is 5.91 Å². The minimum absolute atomic E-state index is 0.184. The number of hydrogen-bond donors (Lipinski definition) is 1. The van der Waals surface area contributed by atoms with E-state index in [1.807, 2.05) is 0 Å². The lowest BCUT2D eigenvalue weighted by atomic mass is 10.1. The Morgan fingerprint density at radius 3 is 2.36 bits per heavy atom. The first-order valence-corrected chi connectivity index (χ1v) is 10.7. The van der Waals surface area contributed by atoms with E-state index < -0.39 is 15.9 Å². The van der Waals surface area contributed by atoms with Gasteiger partial charge < -0.3 is 9.73 Å². The van der Waals surface area contributed by atoms with Crippen LogP contribution in [0, 0.1) is 6.92 Å². The first-order chi connectivity index (χ1) is 13.3. The summed E-state index contributed by atoms with van der Waals surface area (Å²) in [6.07, 6.45) is 0. The molecule has 0 spiro atoms. The SMILES string of the molecule is CCN(CC)S(=O)(=O)c1ccc(NC(=O)c2oc3ccc(Cl)cc3c2C)cc1. The molecule has 3 aromatic rings. The maximum absolute atomic E-state index is 12.6. The summed E-state index contributed by atoms with van der Waals surface area (Å²) in [5, 5.41) is 4.08. The summed E-state index contributed by atoms with van der Waals surface area (Å²) in [5.74, 6) is -0.221. The van der Waals surface area contributed by atoms with Gasteiger partial charge in [-0.3, -0.25) is 4.79 Å². The molecule has 0 radical (unpaired) electrons. The average Bonchev–Trinajstić information content (AvgIpc) is 2.99. The summed E-state index contributed by atoms with van der Waals surface area (Å²) in [7, 11) is -3.54. The van der Waals surface area contributed by atoms with Gasteiger partial charge in [-0.15, -0.1) is 0 Å². The molecule has 0 aliphatic heterocycles. The average molecular weight is 421 g/mol. The molecule has 0 atom stereocenters. The summed E-state index contributed by atoms with van der Waals surface area (Å²) in [4.78, 5) is 12.8. The summed E-state index contributed by atoms with van der Waals surface area (Å²) in [6, 6.07) is 11.2. The van der Waals surface area contributed by atoms with Gasteiger partial charge >= 0.3 is 0 Å². The molecule has 148 valence electrons. The van der Waals surface area contributed by atoms with Gasteiger partial charge in [0, 0.05) is 34.7 Å². The van der Waals surface area contributed by atoms with Gasteiger partial charge in [-0.05, 0) is 49.4 Å². The fraction of sp³-hybridized carbons (Fsp3) is 0.250. The van der Waals surface area contributed by atoms with Crippen molar-refractivity contribution in [1.29, 1.82) is 0 Å². The molecular weight excluding hydrogens is 400 g/mol. The molecule has 1 heterocycles. The Labute approximate surface area is 169 Å². The molecule has 0 saturated heterocycles. The van der Waals surface area contributed by atoms with Gasteiger partial charge in [0.05, 0.1) is 4.90 Å². The van der Waals surface area contributed by atoms with Crippen LogP contribution >= 0.6 is 11.6 Å². The van der Waals surface area contributed by atoms with Gasteiger partial charge in [0.2, 0.25) is 10.0 Å². The van der Waals surface area contributed by atoms with Crippen LogP contribution in [0.2, 0.25) is 5.02 Å². The molecule has 28 heavy (non-hydrogen) atoms. The zero-order chi connectivity index (χ0) is 20.5. The summed E-state index contributed by atoms with van der Waals surface area (Å²) < 4.78 is 32.1. The highest BCUT2D eigenvalue weighted by Gasteiger charge is 2.22. The molecule has 1 aromatic heterocycles. The standard InChI is InChI=1S/C20H21ClN2O4S/c1-4-23(5-2)28(25,26)16-9-7-15(8-10-16)22-20(24)19-13(3)17-12-14(21)6-11-18(17)27-19/h6-12H,4-5H2,1-3H3,(H,22,24). The lowest BCUT2D eigenvalue weighted by Gasteiger charge is -2.18. The van der Waals surface area contributed by atoms with E-state index in [9.17, 15) is 13.2 Å². The van der Waals surface area contributed by atoms with Crippen molar-refractivity contribution in [3.63, 3.8) is 0 Å². The van der Waals surface area contributed by atoms with E-state index in [0.29, 0.717) is 34.9 Å². The van der Waals surface area contributed by atoms with Crippen molar-refractivity contribution in [2.45, 2.75) is 25.7 Å². The van der Waals surface area contributed by atoms with Crippen molar-refractivity contribution in [2.24, 2.45) is 0 Å². The third-order valence-corrected chi connectivity index (χ3v) is 6.86. The number of anilines is 1. The van der Waals surface area contributed by atoms with Crippen molar-refractivity contribution in [3.05, 3.63) is 58.8 Å². The van der Waals surface area contributed by atoms with Crippen LogP contribution in [-0.2, 0) is 10.0 Å². The second-order valence-electron chi connectivity index (χ2n) is 6.26. The van der Waals surface area contributed by atoms with Crippen LogP contribution in [0.15, 0.2) is 51.8 Å². The molecule has 0 aliphatic carbocycles. The van der Waals surface area contributed by atoms with Crippen LogP contribution < -0.4 is 5.32 Å². The van der Waals surface area contributed by atoms with E-state index in [4.69, 9.17) is 16.0 Å². The van der Waals surface area contributed by atoms with Crippen molar-refractivity contribution in [1.82, 2.24) is 4.31 Å². The van der Waals surface area contributed by atoms with E-state index in [-0.39, 0.29) is 10.7 Å². The zero-order valence-electron chi connectivity index (χ0n) is 15.8. The van der Waals surface area contributed by atoms with E-state index in [2.05, 4.69) is 5.32 Å². The van der Waals surface area contributed by atoms with Crippen LogP contribution in [-0.4, -0.2) is 31.7 Å². The Morgan fingerprint density at radius 1 is 1.11 bits per heavy atom. The van der Waals surface area contributed by atoms with Gasteiger partial charge in [0.1, 0.15) is 5.58 Å². The number of sulfonamides is 1. The number of amides is 1. The molecule has 6 nitrogen and oxygen atoms in total. The number of carbonyl (C=O) groups excluding carboxylic acids is 1. The lowest BCUT2D eigenvalue weighted by Crippen LogP contribution is -2.30. The molecule has 0 bridgehead atoms. The quantitative estimate of drug-likeness (QED) is 0.628. The Morgan fingerprint density at radius 2 is 1.75 bits per heavy atom. The molecule has 1 amide bonds. The van der Waals surface area contributed by atoms with Crippen molar-refractivity contribution in [2.75, 3.05) is 18.4 Å². The molecule has 0 unspecified atom stereocenters. The number of carbonyl (C=O) groups is 1. The second kappa shape index (κ2) is 7.95. The highest BCUT2D eigenvalue weighted by atomic mass is 35.5. The first-order valence-electron chi connectivity index (χ1n) is 8.88. The van der Waals surface area contributed by atoms with Gasteiger partial charge in [-0.25, -0.2) is 8.42 Å². The molecule has 0 aliphatic rings. The number of rotatable bonds is 6. The maximum Gasteiger partial charge on any atom is 0.291 e. The number of benzene rings is 2. The van der Waals surface area contributed by atoms with Crippen molar-refractivity contribution < 1.29 is 17.6 Å². The normalized spacial score (nSPS) is 11.9. The number of hydrogen-bond acceptors (Lipinski definition) is 4. The van der Waals surface area contributed by atoms with E-state index in [1.165, 1.54) is 16.4 Å². The van der Waals surface area contributed by atoms with Crippen LogP contribution in [0.4, 0.5) is 5.69 Å². The van der Waals surface area contributed by atoms with Gasteiger partial charge in [-0.2, -0.15) is 4.31 Å². The fourth-order valence-electron chi connectivity index (χ4n) is 3.02. The molecule has 8 heteroatoms. The maximum atomic E-state index is 12.6. The Balaban J connectivity index is 1.83. The number of aryl methyl sites for hydroxylation is 1. The van der Waals surface area contributed by atoms with Gasteiger partial charge in [-0.1, -0.05) is 25.4 Å². The Hall–Kier alpha value is -2.35. The topological polar surface area (TPSA) is 79.6 Å². The molecule has 2 aromatic carbocycles. The third kappa shape index (κ3) is 3.78. The molecule has 0 fully saturated rings. The highest BCUT2D eigenvalue weighted by Crippen LogP contribution is 2.28. The predicted molar refractivity (Wildman–Crippen MR) is 110 cm³/mol. The highest BCUT2D eigenvalue weighted by molar-refractivity contribution is 7.89. The molecule has 1 N–H and O–H groups in total.